The minimum atomic E-state index is -0.305. The highest BCUT2D eigenvalue weighted by Crippen LogP contribution is 2.00. The van der Waals surface area contributed by atoms with Crippen LogP contribution in [0.1, 0.15) is 12.8 Å². The fourth-order valence-electron chi connectivity index (χ4n) is 0.531. The normalized spacial score (nSPS) is 13.1. The first-order valence-corrected chi connectivity index (χ1v) is 3.01. The van der Waals surface area contributed by atoms with Crippen LogP contribution in [0.15, 0.2) is 0 Å². The van der Waals surface area contributed by atoms with Crippen LogP contribution in [-0.4, -0.2) is 20.0 Å². The predicted molar refractivity (Wildman–Crippen MR) is 35.0 cm³/mol. The molecule has 2 heteroatoms. The minimum Gasteiger partial charge on any atom is -0.385 e. The van der Waals surface area contributed by atoms with Crippen molar-refractivity contribution in [3.05, 3.63) is 6.92 Å². The molecule has 0 heterocycles. The third-order valence-electron chi connectivity index (χ3n) is 1.06. The highest BCUT2D eigenvalue weighted by molar-refractivity contribution is 5.54. The van der Waals surface area contributed by atoms with E-state index < -0.39 is 0 Å². The summed E-state index contributed by atoms with van der Waals surface area (Å²) < 4.78 is 4.77. The zero-order valence-electron chi connectivity index (χ0n) is 5.67. The fraction of sp³-hybridized carbons (Fsp3) is 0.714. The molecule has 0 aliphatic rings. The van der Waals surface area contributed by atoms with Gasteiger partial charge in [0.1, 0.15) is 6.29 Å². The summed E-state index contributed by atoms with van der Waals surface area (Å²) in [4.78, 5) is 9.93. The molecule has 0 saturated heterocycles. The molecule has 0 unspecified atom stereocenters. The molecule has 9 heavy (non-hydrogen) atoms. The summed E-state index contributed by atoms with van der Waals surface area (Å²) in [5.41, 5.74) is 0. The van der Waals surface area contributed by atoms with Crippen LogP contribution in [0.3, 0.4) is 0 Å². The number of ether oxygens (including phenoxy) is 1. The van der Waals surface area contributed by atoms with E-state index in [9.17, 15) is 4.79 Å². The van der Waals surface area contributed by atoms with Crippen LogP contribution >= 0.6 is 0 Å². The highest BCUT2D eigenvalue weighted by atomic mass is 16.5. The Bertz CT molecular complexity index is 71.3. The lowest BCUT2D eigenvalue weighted by molar-refractivity contribution is -0.110. The number of hydrogen-bond acceptors (Lipinski definition) is 2. The molecule has 0 fully saturated rings. The smallest absolute Gasteiger partial charge is 0.123 e. The molecule has 0 saturated carbocycles. The lowest BCUT2D eigenvalue weighted by Gasteiger charge is -2.00. The van der Waals surface area contributed by atoms with Crippen LogP contribution in [0.4, 0.5) is 0 Å². The Morgan fingerprint density at radius 3 is 2.89 bits per heavy atom. The van der Waals surface area contributed by atoms with Crippen molar-refractivity contribution >= 4 is 6.29 Å². The number of rotatable bonds is 5. The van der Waals surface area contributed by atoms with Crippen molar-refractivity contribution in [1.82, 2.24) is 0 Å². The maximum absolute atomic E-state index is 9.93. The topological polar surface area (TPSA) is 26.3 Å². The van der Waals surface area contributed by atoms with Crippen molar-refractivity contribution in [2.45, 2.75) is 12.8 Å². The van der Waals surface area contributed by atoms with Crippen molar-refractivity contribution in [3.63, 3.8) is 0 Å². The first-order chi connectivity index (χ1) is 4.31. The van der Waals surface area contributed by atoms with E-state index in [1.54, 1.807) is 7.11 Å². The molecule has 0 aromatic heterocycles. The molecule has 0 aliphatic heterocycles. The maximum Gasteiger partial charge on any atom is 0.123 e. The molecule has 0 aliphatic carbocycles. The first kappa shape index (κ1) is 8.63. The van der Waals surface area contributed by atoms with Crippen molar-refractivity contribution in [2.24, 2.45) is 5.92 Å². The molecule has 0 aromatic rings. The van der Waals surface area contributed by atoms with E-state index in [0.29, 0.717) is 6.61 Å². The summed E-state index contributed by atoms with van der Waals surface area (Å²) in [6, 6.07) is 0. The number of hydrogen-bond donors (Lipinski definition) is 0. The average Bonchev–Trinajstić information content (AvgIpc) is 1.89. The van der Waals surface area contributed by atoms with Crippen LogP contribution < -0.4 is 0 Å². The van der Waals surface area contributed by atoms with Gasteiger partial charge in [0.2, 0.25) is 0 Å². The van der Waals surface area contributed by atoms with Gasteiger partial charge in [-0.1, -0.05) is 0 Å². The number of carbonyl (C=O) groups excluding carboxylic acids is 1. The SMILES string of the molecule is [CH][C@H](C=O)CCCOC. The van der Waals surface area contributed by atoms with Gasteiger partial charge in [-0.15, -0.1) is 0 Å². The monoisotopic (exact) mass is 128 g/mol. The fourth-order valence-corrected chi connectivity index (χ4v) is 0.531. The molecule has 0 aromatic carbocycles. The summed E-state index contributed by atoms with van der Waals surface area (Å²) in [6.45, 7) is 5.97. The molecule has 0 rings (SSSR count). The first-order valence-electron chi connectivity index (χ1n) is 3.01. The van der Waals surface area contributed by atoms with Gasteiger partial charge < -0.3 is 9.53 Å². The van der Waals surface area contributed by atoms with Gasteiger partial charge in [-0.05, 0) is 19.8 Å². The largest absolute Gasteiger partial charge is 0.385 e. The Kier molecular flexibility index (Phi) is 5.52. The lowest BCUT2D eigenvalue weighted by atomic mass is 10.1. The average molecular weight is 128 g/mol. The Morgan fingerprint density at radius 2 is 2.44 bits per heavy atom. The van der Waals surface area contributed by atoms with Gasteiger partial charge in [-0.25, -0.2) is 0 Å². The van der Waals surface area contributed by atoms with Gasteiger partial charge in [-0.3, -0.25) is 0 Å². The van der Waals surface area contributed by atoms with E-state index in [4.69, 9.17) is 11.7 Å². The van der Waals surface area contributed by atoms with E-state index >= 15 is 0 Å². The van der Waals surface area contributed by atoms with Crippen molar-refractivity contribution in [1.29, 1.82) is 0 Å². The minimum absolute atomic E-state index is 0.305. The molecule has 2 radical (unpaired) electrons. The molecule has 0 spiro atoms. The molecular formula is C7H12O2. The van der Waals surface area contributed by atoms with E-state index in [0.717, 1.165) is 19.1 Å². The quantitative estimate of drug-likeness (QED) is 0.407. The van der Waals surface area contributed by atoms with Gasteiger partial charge in [0.15, 0.2) is 0 Å². The number of methoxy groups -OCH3 is 1. The summed E-state index contributed by atoms with van der Waals surface area (Å²) in [6.07, 6.45) is 2.34. The second-order valence-corrected chi connectivity index (χ2v) is 1.93. The summed E-state index contributed by atoms with van der Waals surface area (Å²) in [7, 11) is 1.63. The van der Waals surface area contributed by atoms with Gasteiger partial charge >= 0.3 is 0 Å². The van der Waals surface area contributed by atoms with Crippen molar-refractivity contribution in [3.8, 4) is 0 Å². The van der Waals surface area contributed by atoms with E-state index in [1.165, 1.54) is 0 Å². The van der Waals surface area contributed by atoms with E-state index in [1.807, 2.05) is 0 Å². The Balaban J connectivity index is 2.96. The van der Waals surface area contributed by atoms with Crippen LogP contribution in [0, 0.1) is 12.8 Å². The summed E-state index contributed by atoms with van der Waals surface area (Å²) in [5, 5.41) is 0. The zero-order valence-corrected chi connectivity index (χ0v) is 5.67. The van der Waals surface area contributed by atoms with Crippen molar-refractivity contribution in [2.75, 3.05) is 13.7 Å². The molecule has 0 N–H and O–H groups in total. The second kappa shape index (κ2) is 5.76. The third kappa shape index (κ3) is 5.50. The molecule has 52 valence electrons. The Morgan fingerprint density at radius 1 is 1.78 bits per heavy atom. The second-order valence-electron chi connectivity index (χ2n) is 1.93. The highest BCUT2D eigenvalue weighted by Gasteiger charge is 1.97. The lowest BCUT2D eigenvalue weighted by Crippen LogP contribution is -1.98. The van der Waals surface area contributed by atoms with Gasteiger partial charge in [0.05, 0.1) is 0 Å². The van der Waals surface area contributed by atoms with Crippen LogP contribution in [0.2, 0.25) is 0 Å². The standard InChI is InChI=1S/C7H12O2/c1-7(6-8)4-3-5-9-2/h1,6-7H,3-5H2,2H3/t7-/m0/s1. The molecule has 2 nitrogen and oxygen atoms in total. The maximum atomic E-state index is 9.93. The van der Waals surface area contributed by atoms with Gasteiger partial charge in [-0.2, -0.15) is 0 Å². The Hall–Kier alpha value is -0.370. The molecule has 0 amide bonds. The zero-order chi connectivity index (χ0) is 7.11. The van der Waals surface area contributed by atoms with Crippen LogP contribution in [0.25, 0.3) is 0 Å². The molecule has 0 bridgehead atoms. The summed E-state index contributed by atoms with van der Waals surface area (Å²) >= 11 is 0. The Labute approximate surface area is 56.2 Å². The number of carbonyl (C=O) groups is 1. The molecular weight excluding hydrogens is 116 g/mol. The number of aldehydes is 1. The summed E-state index contributed by atoms with van der Waals surface area (Å²) in [5.74, 6) is -0.305. The van der Waals surface area contributed by atoms with Crippen LogP contribution in [-0.2, 0) is 9.53 Å². The van der Waals surface area contributed by atoms with Crippen LogP contribution in [0.5, 0.6) is 0 Å². The van der Waals surface area contributed by atoms with E-state index in [-0.39, 0.29) is 5.92 Å². The van der Waals surface area contributed by atoms with Crippen molar-refractivity contribution < 1.29 is 9.53 Å². The van der Waals surface area contributed by atoms with E-state index in [2.05, 4.69) is 0 Å². The predicted octanol–water partition coefficient (Wildman–Crippen LogP) is 0.939. The van der Waals surface area contributed by atoms with Gasteiger partial charge in [0.25, 0.3) is 0 Å². The van der Waals surface area contributed by atoms with Gasteiger partial charge in [0, 0.05) is 19.6 Å². The third-order valence-corrected chi connectivity index (χ3v) is 1.06. The molecule has 1 atom stereocenters.